The molecule has 0 radical (unpaired) electrons. The van der Waals surface area contributed by atoms with Crippen LogP contribution in [0, 0.1) is 12.1 Å². The number of carbonyl (C=O) groups is 1. The number of benzene rings is 1. The largest absolute Gasteiger partial charge is 0.390 e. The van der Waals surface area contributed by atoms with E-state index in [0.717, 1.165) is 19.3 Å². The molecule has 1 aromatic rings. The number of rotatable bonds is 5. The quantitative estimate of drug-likeness (QED) is 0.649. The topological polar surface area (TPSA) is 58.6 Å². The fraction of sp³-hybridized carbons (Fsp3) is 0.471. The molecular weight excluding hydrogens is 285 g/mol. The van der Waals surface area contributed by atoms with Crippen molar-refractivity contribution in [1.82, 2.24) is 5.48 Å². The Hall–Kier alpha value is -1.90. The van der Waals surface area contributed by atoms with Crippen molar-refractivity contribution in [3.05, 3.63) is 35.9 Å². The van der Waals surface area contributed by atoms with Gasteiger partial charge in [0.15, 0.2) is 6.10 Å². The van der Waals surface area contributed by atoms with Gasteiger partial charge in [0.1, 0.15) is 6.17 Å². The van der Waals surface area contributed by atoms with Gasteiger partial charge in [0.25, 0.3) is 5.91 Å². The number of hydroxylamine groups is 1. The van der Waals surface area contributed by atoms with Gasteiger partial charge in [-0.2, -0.15) is 0 Å². The molecule has 118 valence electrons. The van der Waals surface area contributed by atoms with E-state index in [1.807, 2.05) is 0 Å². The van der Waals surface area contributed by atoms with Crippen molar-refractivity contribution < 1.29 is 19.1 Å². The molecule has 0 saturated heterocycles. The van der Waals surface area contributed by atoms with Crippen molar-refractivity contribution in [1.29, 1.82) is 0 Å². The van der Waals surface area contributed by atoms with Crippen LogP contribution in [0.4, 0.5) is 4.39 Å². The molecule has 1 aliphatic carbocycles. The van der Waals surface area contributed by atoms with Gasteiger partial charge in [-0.15, -0.1) is 4.39 Å². The first-order valence-corrected chi connectivity index (χ1v) is 7.47. The summed E-state index contributed by atoms with van der Waals surface area (Å²) in [6.45, 7) is 0. The number of amides is 1. The fourth-order valence-corrected chi connectivity index (χ4v) is 2.72. The highest BCUT2D eigenvalue weighted by Crippen LogP contribution is 2.32. The fourth-order valence-electron chi connectivity index (χ4n) is 2.72. The van der Waals surface area contributed by atoms with E-state index < -0.39 is 17.6 Å². The van der Waals surface area contributed by atoms with Crippen molar-refractivity contribution in [3.8, 4) is 12.1 Å². The van der Waals surface area contributed by atoms with Crippen LogP contribution in [0.2, 0.25) is 0 Å². The zero-order valence-electron chi connectivity index (χ0n) is 12.3. The second-order valence-corrected chi connectivity index (χ2v) is 5.63. The molecule has 1 amide bonds. The van der Waals surface area contributed by atoms with E-state index in [4.69, 9.17) is 4.84 Å². The molecule has 1 fully saturated rings. The lowest BCUT2D eigenvalue weighted by Crippen LogP contribution is -2.38. The van der Waals surface area contributed by atoms with Crippen LogP contribution >= 0.6 is 0 Å². The molecule has 0 heterocycles. The Morgan fingerprint density at radius 2 is 2.00 bits per heavy atom. The Balaban J connectivity index is 1.91. The normalized spacial score (nSPS) is 17.9. The van der Waals surface area contributed by atoms with Gasteiger partial charge in [-0.3, -0.25) is 9.63 Å². The third kappa shape index (κ3) is 4.83. The highest BCUT2D eigenvalue weighted by atomic mass is 19.1. The van der Waals surface area contributed by atoms with Gasteiger partial charge < -0.3 is 5.11 Å². The summed E-state index contributed by atoms with van der Waals surface area (Å²) < 4.78 is 12.3. The highest BCUT2D eigenvalue weighted by Gasteiger charge is 2.32. The first kappa shape index (κ1) is 16.5. The molecule has 2 N–H and O–H groups in total. The Labute approximate surface area is 129 Å². The standard InChI is InChI=1S/C17H20FNO3/c18-12-9-15(13-17(21)10-5-2-6-11-17)22-19-16(20)14-7-3-1-4-8-14/h1,3-4,7-8,15,21H,2,5-6,10-11,13H2,(H,19,20). The predicted molar refractivity (Wildman–Crippen MR) is 80.3 cm³/mol. The third-order valence-electron chi connectivity index (χ3n) is 3.90. The SMILES string of the molecule is O=C(NOC(C#CF)CC1(O)CCCCC1)c1ccccc1. The lowest BCUT2D eigenvalue weighted by atomic mass is 9.81. The summed E-state index contributed by atoms with van der Waals surface area (Å²) in [6.07, 6.45) is 4.86. The molecule has 0 aromatic heterocycles. The molecule has 0 bridgehead atoms. The van der Waals surface area contributed by atoms with Gasteiger partial charge in [0.05, 0.1) is 5.60 Å². The van der Waals surface area contributed by atoms with E-state index in [1.54, 1.807) is 30.3 Å². The van der Waals surface area contributed by atoms with E-state index >= 15 is 0 Å². The van der Waals surface area contributed by atoms with Crippen LogP contribution in [0.25, 0.3) is 0 Å². The smallest absolute Gasteiger partial charge is 0.274 e. The predicted octanol–water partition coefficient (Wildman–Crippen LogP) is 2.73. The van der Waals surface area contributed by atoms with Crippen molar-refractivity contribution in [2.24, 2.45) is 0 Å². The molecule has 0 aliphatic heterocycles. The molecule has 0 spiro atoms. The Morgan fingerprint density at radius 1 is 1.32 bits per heavy atom. The molecule has 22 heavy (non-hydrogen) atoms. The monoisotopic (exact) mass is 305 g/mol. The zero-order valence-corrected chi connectivity index (χ0v) is 12.3. The Morgan fingerprint density at radius 3 is 2.64 bits per heavy atom. The number of hydrogen-bond acceptors (Lipinski definition) is 3. The van der Waals surface area contributed by atoms with Gasteiger partial charge in [-0.25, -0.2) is 5.48 Å². The maximum atomic E-state index is 12.3. The molecule has 1 unspecified atom stereocenters. The summed E-state index contributed by atoms with van der Waals surface area (Å²) >= 11 is 0. The number of hydrogen-bond donors (Lipinski definition) is 2. The van der Waals surface area contributed by atoms with Gasteiger partial charge in [-0.05, 0) is 30.9 Å². The maximum Gasteiger partial charge on any atom is 0.274 e. The van der Waals surface area contributed by atoms with Crippen LogP contribution in [-0.2, 0) is 4.84 Å². The lowest BCUT2D eigenvalue weighted by molar-refractivity contribution is -0.0624. The maximum absolute atomic E-state index is 12.3. The molecule has 5 heteroatoms. The van der Waals surface area contributed by atoms with E-state index in [-0.39, 0.29) is 6.42 Å². The number of nitrogens with one attached hydrogen (secondary N) is 1. The highest BCUT2D eigenvalue weighted by molar-refractivity contribution is 5.93. The van der Waals surface area contributed by atoms with Crippen LogP contribution in [0.5, 0.6) is 0 Å². The molecule has 1 atom stereocenters. The molecule has 1 aromatic carbocycles. The minimum atomic E-state index is -0.899. The van der Waals surface area contributed by atoms with Crippen LogP contribution in [0.15, 0.2) is 30.3 Å². The summed E-state index contributed by atoms with van der Waals surface area (Å²) in [6, 6.07) is 8.55. The van der Waals surface area contributed by atoms with Gasteiger partial charge in [0, 0.05) is 12.0 Å². The minimum absolute atomic E-state index is 0.180. The van der Waals surface area contributed by atoms with Crippen molar-refractivity contribution in [2.45, 2.75) is 50.2 Å². The van der Waals surface area contributed by atoms with Crippen molar-refractivity contribution in [3.63, 3.8) is 0 Å². The summed E-state index contributed by atoms with van der Waals surface area (Å²) in [5.41, 5.74) is 1.81. The Bertz CT molecular complexity index is 544. The van der Waals surface area contributed by atoms with E-state index in [9.17, 15) is 14.3 Å². The second kappa shape index (κ2) is 7.92. The van der Waals surface area contributed by atoms with Crippen LogP contribution < -0.4 is 5.48 Å². The zero-order chi connectivity index (χ0) is 15.8. The molecule has 4 nitrogen and oxygen atoms in total. The number of aliphatic hydroxyl groups is 1. The van der Waals surface area contributed by atoms with E-state index in [0.29, 0.717) is 18.4 Å². The molecule has 1 aliphatic rings. The van der Waals surface area contributed by atoms with Gasteiger partial charge in [0.2, 0.25) is 0 Å². The van der Waals surface area contributed by atoms with Gasteiger partial charge in [-0.1, -0.05) is 37.5 Å². The summed E-state index contributed by atoms with van der Waals surface area (Å²) in [5, 5.41) is 10.5. The first-order valence-electron chi connectivity index (χ1n) is 7.47. The average molecular weight is 305 g/mol. The number of halogens is 1. The Kier molecular flexibility index (Phi) is 5.93. The average Bonchev–Trinajstić information content (AvgIpc) is 2.54. The first-order chi connectivity index (χ1) is 10.6. The molecule has 2 rings (SSSR count). The summed E-state index contributed by atoms with van der Waals surface area (Å²) in [7, 11) is 0. The van der Waals surface area contributed by atoms with Crippen LogP contribution in [0.3, 0.4) is 0 Å². The van der Waals surface area contributed by atoms with Crippen LogP contribution in [0.1, 0.15) is 48.9 Å². The van der Waals surface area contributed by atoms with Gasteiger partial charge >= 0.3 is 0 Å². The minimum Gasteiger partial charge on any atom is -0.390 e. The lowest BCUT2D eigenvalue weighted by Gasteiger charge is -2.33. The molecule has 1 saturated carbocycles. The van der Waals surface area contributed by atoms with Crippen molar-refractivity contribution >= 4 is 5.91 Å². The second-order valence-electron chi connectivity index (χ2n) is 5.63. The van der Waals surface area contributed by atoms with E-state index in [2.05, 4.69) is 11.4 Å². The summed E-state index contributed by atoms with van der Waals surface area (Å²) in [4.78, 5) is 17.1. The van der Waals surface area contributed by atoms with Crippen molar-refractivity contribution in [2.75, 3.05) is 0 Å². The number of carbonyl (C=O) groups excluding carboxylic acids is 1. The van der Waals surface area contributed by atoms with Crippen LogP contribution in [-0.4, -0.2) is 22.7 Å². The molecular formula is C17H20FNO3. The summed E-state index contributed by atoms with van der Waals surface area (Å²) in [5.74, 6) is 1.82. The van der Waals surface area contributed by atoms with E-state index in [1.165, 1.54) is 6.17 Å². The third-order valence-corrected chi connectivity index (χ3v) is 3.90.